The van der Waals surface area contributed by atoms with Crippen molar-refractivity contribution < 1.29 is 4.79 Å². The molecular formula is C22H31Cl2N5O. The summed E-state index contributed by atoms with van der Waals surface area (Å²) in [6, 6.07) is 16.4. The van der Waals surface area contributed by atoms with E-state index in [4.69, 9.17) is 5.73 Å². The van der Waals surface area contributed by atoms with E-state index in [0.717, 1.165) is 45.1 Å². The highest BCUT2D eigenvalue weighted by Crippen LogP contribution is 2.26. The van der Waals surface area contributed by atoms with Crippen molar-refractivity contribution in [1.82, 2.24) is 14.8 Å². The van der Waals surface area contributed by atoms with Crippen LogP contribution in [0.5, 0.6) is 0 Å². The van der Waals surface area contributed by atoms with Crippen LogP contribution in [0.3, 0.4) is 0 Å². The van der Waals surface area contributed by atoms with Crippen molar-refractivity contribution in [3.8, 4) is 0 Å². The minimum Gasteiger partial charge on any atom is -0.354 e. The predicted octanol–water partition coefficient (Wildman–Crippen LogP) is 2.39. The lowest BCUT2D eigenvalue weighted by Gasteiger charge is -2.35. The summed E-state index contributed by atoms with van der Waals surface area (Å²) in [6.07, 6.45) is 2.40. The van der Waals surface area contributed by atoms with E-state index >= 15 is 0 Å². The van der Waals surface area contributed by atoms with Crippen LogP contribution in [0.4, 0.5) is 5.82 Å². The first kappa shape index (κ1) is 24.4. The Kier molecular flexibility index (Phi) is 9.37. The quantitative estimate of drug-likeness (QED) is 0.755. The number of aromatic nitrogens is 1. The molecule has 2 aliphatic heterocycles. The molecule has 164 valence electrons. The molecule has 2 saturated heterocycles. The lowest BCUT2D eigenvalue weighted by Crippen LogP contribution is -2.47. The molecule has 0 saturated carbocycles. The molecular weight excluding hydrogens is 421 g/mol. The molecule has 2 fully saturated rings. The van der Waals surface area contributed by atoms with Crippen LogP contribution in [-0.4, -0.2) is 72.5 Å². The van der Waals surface area contributed by atoms with Crippen molar-refractivity contribution in [2.75, 3.05) is 50.7 Å². The summed E-state index contributed by atoms with van der Waals surface area (Å²) < 4.78 is 0. The van der Waals surface area contributed by atoms with E-state index in [-0.39, 0.29) is 42.7 Å². The SMILES string of the molecule is Cl.Cl.N[C@@H]1CN(C(=O)CCN2CCN(c3ccccn3)CC2)C[C@H]1c1ccccc1. The Morgan fingerprint density at radius 2 is 1.67 bits per heavy atom. The third kappa shape index (κ3) is 5.85. The average molecular weight is 452 g/mol. The van der Waals surface area contributed by atoms with Crippen LogP contribution < -0.4 is 10.6 Å². The number of likely N-dealkylation sites (tertiary alicyclic amines) is 1. The molecule has 0 radical (unpaired) electrons. The second-order valence-electron chi connectivity index (χ2n) is 7.75. The van der Waals surface area contributed by atoms with Crippen molar-refractivity contribution in [3.05, 3.63) is 60.3 Å². The topological polar surface area (TPSA) is 65.7 Å². The highest BCUT2D eigenvalue weighted by Gasteiger charge is 2.33. The van der Waals surface area contributed by atoms with E-state index in [1.54, 1.807) is 0 Å². The van der Waals surface area contributed by atoms with Crippen molar-refractivity contribution in [2.45, 2.75) is 18.4 Å². The molecule has 2 aromatic rings. The first-order valence-electron chi connectivity index (χ1n) is 10.2. The number of carbonyl (C=O) groups excluding carboxylic acids is 1. The molecule has 1 aromatic carbocycles. The van der Waals surface area contributed by atoms with Crippen molar-refractivity contribution in [3.63, 3.8) is 0 Å². The van der Waals surface area contributed by atoms with Crippen molar-refractivity contribution in [2.24, 2.45) is 5.73 Å². The molecule has 2 N–H and O–H groups in total. The van der Waals surface area contributed by atoms with E-state index in [1.165, 1.54) is 5.56 Å². The molecule has 2 atom stereocenters. The standard InChI is InChI=1S/C22H29N5O.2ClH/c23-20-17-27(16-19(20)18-6-2-1-3-7-18)22(28)9-11-25-12-14-26(15-13-25)21-8-4-5-10-24-21;;/h1-8,10,19-20H,9,11-17,23H2;2*1H/t19-,20+;;/m0../s1. The number of carbonyl (C=O) groups is 1. The summed E-state index contributed by atoms with van der Waals surface area (Å²) in [6.45, 7) is 6.05. The number of hydrogen-bond acceptors (Lipinski definition) is 5. The summed E-state index contributed by atoms with van der Waals surface area (Å²) in [5.41, 5.74) is 7.57. The second kappa shape index (κ2) is 11.5. The Labute approximate surface area is 191 Å². The zero-order valence-electron chi connectivity index (χ0n) is 17.1. The molecule has 0 unspecified atom stereocenters. The van der Waals surface area contributed by atoms with E-state index in [9.17, 15) is 4.79 Å². The second-order valence-corrected chi connectivity index (χ2v) is 7.75. The molecule has 1 amide bonds. The molecule has 0 spiro atoms. The zero-order valence-corrected chi connectivity index (χ0v) is 18.7. The maximum atomic E-state index is 12.7. The number of pyridine rings is 1. The molecule has 1 aromatic heterocycles. The number of piperazine rings is 1. The molecule has 2 aliphatic rings. The molecule has 0 aliphatic carbocycles. The van der Waals surface area contributed by atoms with Gasteiger partial charge < -0.3 is 15.5 Å². The molecule has 8 heteroatoms. The van der Waals surface area contributed by atoms with Crippen LogP contribution in [0.1, 0.15) is 17.9 Å². The predicted molar refractivity (Wildman–Crippen MR) is 126 cm³/mol. The average Bonchev–Trinajstić information content (AvgIpc) is 3.15. The Morgan fingerprint density at radius 3 is 2.33 bits per heavy atom. The fourth-order valence-corrected chi connectivity index (χ4v) is 4.24. The Morgan fingerprint density at radius 1 is 0.967 bits per heavy atom. The van der Waals surface area contributed by atoms with Crippen LogP contribution in [0.2, 0.25) is 0 Å². The van der Waals surface area contributed by atoms with Crippen molar-refractivity contribution in [1.29, 1.82) is 0 Å². The number of nitrogens with zero attached hydrogens (tertiary/aromatic N) is 4. The number of halogens is 2. The van der Waals surface area contributed by atoms with Gasteiger partial charge in [0.1, 0.15) is 5.82 Å². The lowest BCUT2D eigenvalue weighted by atomic mass is 9.95. The summed E-state index contributed by atoms with van der Waals surface area (Å²) in [5.74, 6) is 1.50. The smallest absolute Gasteiger partial charge is 0.223 e. The third-order valence-corrected chi connectivity index (χ3v) is 5.93. The van der Waals surface area contributed by atoms with Gasteiger partial charge in [-0.1, -0.05) is 36.4 Å². The number of nitrogens with two attached hydrogens (primary N) is 1. The Hall–Kier alpha value is -1.86. The maximum Gasteiger partial charge on any atom is 0.223 e. The van der Waals surface area contributed by atoms with Crippen LogP contribution in [0.25, 0.3) is 0 Å². The van der Waals surface area contributed by atoms with Crippen LogP contribution >= 0.6 is 24.8 Å². The number of amides is 1. The van der Waals surface area contributed by atoms with Gasteiger partial charge in [-0.25, -0.2) is 4.98 Å². The van der Waals surface area contributed by atoms with Gasteiger partial charge in [0.2, 0.25) is 5.91 Å². The third-order valence-electron chi connectivity index (χ3n) is 5.93. The molecule has 3 heterocycles. The van der Waals surface area contributed by atoms with Gasteiger partial charge in [-0.15, -0.1) is 24.8 Å². The minimum absolute atomic E-state index is 0. The van der Waals surface area contributed by atoms with E-state index in [0.29, 0.717) is 13.0 Å². The van der Waals surface area contributed by atoms with Gasteiger partial charge in [-0.2, -0.15) is 0 Å². The zero-order chi connectivity index (χ0) is 19.3. The molecule has 0 bridgehead atoms. The fourth-order valence-electron chi connectivity index (χ4n) is 4.24. The largest absolute Gasteiger partial charge is 0.354 e. The summed E-state index contributed by atoms with van der Waals surface area (Å²) in [7, 11) is 0. The van der Waals surface area contributed by atoms with E-state index < -0.39 is 0 Å². The molecule has 4 rings (SSSR count). The van der Waals surface area contributed by atoms with Crippen molar-refractivity contribution >= 4 is 36.5 Å². The Bertz CT molecular complexity index is 772. The van der Waals surface area contributed by atoms with Crippen LogP contribution in [0, 0.1) is 0 Å². The van der Waals surface area contributed by atoms with Gasteiger partial charge in [0.05, 0.1) is 0 Å². The molecule has 6 nitrogen and oxygen atoms in total. The van der Waals surface area contributed by atoms with E-state index in [2.05, 4.69) is 33.0 Å². The number of hydrogen-bond donors (Lipinski definition) is 1. The van der Waals surface area contributed by atoms with Gasteiger partial charge in [0, 0.05) is 70.4 Å². The fraction of sp³-hybridized carbons (Fsp3) is 0.455. The normalized spacial score (nSPS) is 21.6. The summed E-state index contributed by atoms with van der Waals surface area (Å²) >= 11 is 0. The van der Waals surface area contributed by atoms with Crippen LogP contribution in [-0.2, 0) is 4.79 Å². The molecule has 30 heavy (non-hydrogen) atoms. The summed E-state index contributed by atoms with van der Waals surface area (Å²) in [5, 5.41) is 0. The van der Waals surface area contributed by atoms with Crippen LogP contribution in [0.15, 0.2) is 54.7 Å². The van der Waals surface area contributed by atoms with E-state index in [1.807, 2.05) is 41.4 Å². The minimum atomic E-state index is 0. The van der Waals surface area contributed by atoms with Gasteiger partial charge in [0.15, 0.2) is 0 Å². The highest BCUT2D eigenvalue weighted by molar-refractivity contribution is 5.85. The monoisotopic (exact) mass is 451 g/mol. The first-order chi connectivity index (χ1) is 13.7. The highest BCUT2D eigenvalue weighted by atomic mass is 35.5. The first-order valence-corrected chi connectivity index (χ1v) is 10.2. The van der Waals surface area contributed by atoms with Gasteiger partial charge in [0.25, 0.3) is 0 Å². The lowest BCUT2D eigenvalue weighted by molar-refractivity contribution is -0.130. The number of benzene rings is 1. The van der Waals surface area contributed by atoms with Gasteiger partial charge >= 0.3 is 0 Å². The maximum absolute atomic E-state index is 12.7. The van der Waals surface area contributed by atoms with Gasteiger partial charge in [-0.3, -0.25) is 9.69 Å². The number of anilines is 1. The van der Waals surface area contributed by atoms with Gasteiger partial charge in [-0.05, 0) is 17.7 Å². The summed E-state index contributed by atoms with van der Waals surface area (Å²) in [4.78, 5) is 23.8. The Balaban J connectivity index is 0.00000160. The number of rotatable bonds is 5.